The number of unbranched alkanes of at least 4 members (excludes halogenated alkanes) is 1. The lowest BCUT2D eigenvalue weighted by molar-refractivity contribution is 0.542. The number of alkyl halides is 1. The molecule has 21 heavy (non-hydrogen) atoms. The fourth-order valence-electron chi connectivity index (χ4n) is 2.27. The van der Waals surface area contributed by atoms with Gasteiger partial charge >= 0.3 is 0 Å². The summed E-state index contributed by atoms with van der Waals surface area (Å²) in [6, 6.07) is 11.3. The Bertz CT molecular complexity index is 774. The van der Waals surface area contributed by atoms with Crippen molar-refractivity contribution in [3.63, 3.8) is 0 Å². The van der Waals surface area contributed by atoms with Crippen LogP contribution in [0, 0.1) is 0 Å². The van der Waals surface area contributed by atoms with Gasteiger partial charge in [-0.25, -0.2) is 4.68 Å². The largest absolute Gasteiger partial charge is 0.456 e. The molecule has 2 aromatic heterocycles. The molecule has 1 aromatic carbocycles. The molecule has 4 nitrogen and oxygen atoms in total. The molecular formula is C16H15ClN2O2. The quantitative estimate of drug-likeness (QED) is 0.533. The minimum Gasteiger partial charge on any atom is -0.456 e. The zero-order valence-corrected chi connectivity index (χ0v) is 12.2. The predicted octanol–water partition coefficient (Wildman–Crippen LogP) is 3.68. The van der Waals surface area contributed by atoms with E-state index in [0.717, 1.165) is 23.8 Å². The van der Waals surface area contributed by atoms with Crippen LogP contribution in [0.15, 0.2) is 51.8 Å². The molecule has 3 rings (SSSR count). The molecular weight excluding hydrogens is 288 g/mol. The average molecular weight is 303 g/mol. The number of para-hydroxylation sites is 1. The summed E-state index contributed by atoms with van der Waals surface area (Å²) in [7, 11) is 0. The molecule has 0 bridgehead atoms. The first-order chi connectivity index (χ1) is 10.3. The Labute approximate surface area is 127 Å². The van der Waals surface area contributed by atoms with Gasteiger partial charge in [0.05, 0.1) is 5.56 Å². The maximum Gasteiger partial charge on any atom is 0.277 e. The van der Waals surface area contributed by atoms with Gasteiger partial charge in [-0.1, -0.05) is 18.2 Å². The molecule has 0 atom stereocenters. The SMILES string of the molecule is O=c1c(-c2cc3ccccc3o2)ccnn1CCCCCl. The van der Waals surface area contributed by atoms with E-state index in [1.807, 2.05) is 30.3 Å². The van der Waals surface area contributed by atoms with Gasteiger partial charge < -0.3 is 4.42 Å². The fourth-order valence-corrected chi connectivity index (χ4v) is 2.46. The van der Waals surface area contributed by atoms with Crippen LogP contribution in [0.2, 0.25) is 0 Å². The van der Waals surface area contributed by atoms with Gasteiger partial charge in [-0.15, -0.1) is 11.6 Å². The van der Waals surface area contributed by atoms with Crippen molar-refractivity contribution >= 4 is 22.6 Å². The number of fused-ring (bicyclic) bond motifs is 1. The standard InChI is InChI=1S/C16H15ClN2O2/c17-8-3-4-10-19-16(20)13(7-9-18-19)15-11-12-5-1-2-6-14(12)21-15/h1-2,5-7,9,11H,3-4,8,10H2. The minimum absolute atomic E-state index is 0.133. The Kier molecular flexibility index (Phi) is 4.06. The summed E-state index contributed by atoms with van der Waals surface area (Å²) in [5.41, 5.74) is 1.18. The van der Waals surface area contributed by atoms with Gasteiger partial charge in [0.25, 0.3) is 5.56 Å². The van der Waals surface area contributed by atoms with E-state index in [2.05, 4.69) is 5.10 Å². The van der Waals surface area contributed by atoms with Crippen molar-refractivity contribution in [2.24, 2.45) is 0 Å². The number of halogens is 1. The highest BCUT2D eigenvalue weighted by molar-refractivity contribution is 6.17. The van der Waals surface area contributed by atoms with Crippen molar-refractivity contribution in [3.05, 3.63) is 52.9 Å². The Hall–Kier alpha value is -2.07. The molecule has 0 amide bonds. The van der Waals surface area contributed by atoms with Crippen LogP contribution in [0.1, 0.15) is 12.8 Å². The van der Waals surface area contributed by atoms with Crippen molar-refractivity contribution in [2.75, 3.05) is 5.88 Å². The first-order valence-electron chi connectivity index (χ1n) is 6.90. The molecule has 108 valence electrons. The monoisotopic (exact) mass is 302 g/mol. The smallest absolute Gasteiger partial charge is 0.277 e. The molecule has 0 saturated heterocycles. The summed E-state index contributed by atoms with van der Waals surface area (Å²) in [5, 5.41) is 5.09. The Morgan fingerprint density at radius 2 is 2.05 bits per heavy atom. The molecule has 0 aliphatic rings. The van der Waals surface area contributed by atoms with Gasteiger partial charge in [-0.05, 0) is 31.0 Å². The second kappa shape index (κ2) is 6.14. The molecule has 0 aliphatic carbocycles. The van der Waals surface area contributed by atoms with Crippen molar-refractivity contribution in [2.45, 2.75) is 19.4 Å². The van der Waals surface area contributed by atoms with E-state index < -0.39 is 0 Å². The molecule has 0 saturated carbocycles. The second-order valence-corrected chi connectivity index (χ2v) is 5.20. The van der Waals surface area contributed by atoms with Crippen LogP contribution in [0.5, 0.6) is 0 Å². The lowest BCUT2D eigenvalue weighted by Crippen LogP contribution is -2.23. The van der Waals surface area contributed by atoms with Gasteiger partial charge in [0.15, 0.2) is 0 Å². The van der Waals surface area contributed by atoms with Crippen LogP contribution in [0.25, 0.3) is 22.3 Å². The van der Waals surface area contributed by atoms with Crippen molar-refractivity contribution in [1.82, 2.24) is 9.78 Å². The molecule has 3 aromatic rings. The maximum absolute atomic E-state index is 12.4. The zero-order valence-electron chi connectivity index (χ0n) is 11.5. The fraction of sp³-hybridized carbons (Fsp3) is 0.250. The van der Waals surface area contributed by atoms with E-state index in [0.29, 0.717) is 23.7 Å². The Morgan fingerprint density at radius 1 is 1.19 bits per heavy atom. The third-order valence-electron chi connectivity index (χ3n) is 3.36. The lowest BCUT2D eigenvalue weighted by Gasteiger charge is -2.04. The molecule has 0 aliphatic heterocycles. The van der Waals surface area contributed by atoms with E-state index in [1.54, 1.807) is 12.3 Å². The van der Waals surface area contributed by atoms with E-state index in [4.69, 9.17) is 16.0 Å². The van der Waals surface area contributed by atoms with Crippen LogP contribution >= 0.6 is 11.6 Å². The number of aromatic nitrogens is 2. The summed E-state index contributed by atoms with van der Waals surface area (Å²) >= 11 is 5.66. The number of nitrogens with zero attached hydrogens (tertiary/aromatic N) is 2. The van der Waals surface area contributed by atoms with Gasteiger partial charge in [-0.2, -0.15) is 5.10 Å². The predicted molar refractivity (Wildman–Crippen MR) is 83.7 cm³/mol. The molecule has 0 fully saturated rings. The first kappa shape index (κ1) is 13.9. The van der Waals surface area contributed by atoms with Crippen LogP contribution in [-0.2, 0) is 6.54 Å². The van der Waals surface area contributed by atoms with Gasteiger partial charge in [-0.3, -0.25) is 4.79 Å². The number of benzene rings is 1. The molecule has 0 unspecified atom stereocenters. The van der Waals surface area contributed by atoms with Gasteiger partial charge in [0.1, 0.15) is 11.3 Å². The van der Waals surface area contributed by atoms with Crippen molar-refractivity contribution < 1.29 is 4.42 Å². The highest BCUT2D eigenvalue weighted by Gasteiger charge is 2.11. The highest BCUT2D eigenvalue weighted by Crippen LogP contribution is 2.25. The van der Waals surface area contributed by atoms with Crippen LogP contribution < -0.4 is 5.56 Å². The van der Waals surface area contributed by atoms with E-state index in [-0.39, 0.29) is 5.56 Å². The normalized spacial score (nSPS) is 11.1. The van der Waals surface area contributed by atoms with Crippen molar-refractivity contribution in [3.8, 4) is 11.3 Å². The highest BCUT2D eigenvalue weighted by atomic mass is 35.5. The third kappa shape index (κ3) is 2.85. The lowest BCUT2D eigenvalue weighted by atomic mass is 10.2. The molecule has 2 heterocycles. The summed E-state index contributed by atoms with van der Waals surface area (Å²) < 4.78 is 7.22. The summed E-state index contributed by atoms with van der Waals surface area (Å²) in [4.78, 5) is 12.4. The number of hydrogen-bond donors (Lipinski definition) is 0. The Morgan fingerprint density at radius 3 is 2.86 bits per heavy atom. The summed E-state index contributed by atoms with van der Waals surface area (Å²) in [6.07, 6.45) is 3.33. The van der Waals surface area contributed by atoms with E-state index >= 15 is 0 Å². The zero-order chi connectivity index (χ0) is 14.7. The molecule has 0 N–H and O–H groups in total. The molecule has 0 radical (unpaired) electrons. The van der Waals surface area contributed by atoms with E-state index in [9.17, 15) is 4.79 Å². The number of furan rings is 1. The number of rotatable bonds is 5. The van der Waals surface area contributed by atoms with Crippen LogP contribution in [0.3, 0.4) is 0 Å². The molecule has 5 heteroatoms. The van der Waals surface area contributed by atoms with E-state index in [1.165, 1.54) is 4.68 Å². The van der Waals surface area contributed by atoms with Crippen LogP contribution in [-0.4, -0.2) is 15.7 Å². The third-order valence-corrected chi connectivity index (χ3v) is 3.62. The number of hydrogen-bond acceptors (Lipinski definition) is 3. The van der Waals surface area contributed by atoms with Crippen molar-refractivity contribution in [1.29, 1.82) is 0 Å². The first-order valence-corrected chi connectivity index (χ1v) is 7.44. The minimum atomic E-state index is -0.133. The summed E-state index contributed by atoms with van der Waals surface area (Å²) in [6.45, 7) is 0.569. The van der Waals surface area contributed by atoms with Gasteiger partial charge in [0, 0.05) is 24.0 Å². The Balaban J connectivity index is 1.98. The van der Waals surface area contributed by atoms with Crippen LogP contribution in [0.4, 0.5) is 0 Å². The molecule has 0 spiro atoms. The number of aryl methyl sites for hydroxylation is 1. The van der Waals surface area contributed by atoms with Gasteiger partial charge in [0.2, 0.25) is 0 Å². The maximum atomic E-state index is 12.4. The topological polar surface area (TPSA) is 48.0 Å². The summed E-state index contributed by atoms with van der Waals surface area (Å²) in [5.74, 6) is 1.17. The average Bonchev–Trinajstić information content (AvgIpc) is 2.93. The second-order valence-electron chi connectivity index (χ2n) is 4.82.